The third-order valence-corrected chi connectivity index (χ3v) is 3.12. The van der Waals surface area contributed by atoms with Crippen LogP contribution in [0.3, 0.4) is 0 Å². The summed E-state index contributed by atoms with van der Waals surface area (Å²) in [6.07, 6.45) is 2.35. The van der Waals surface area contributed by atoms with Crippen LogP contribution >= 0.6 is 15.9 Å². The van der Waals surface area contributed by atoms with Crippen LogP contribution in [0.15, 0.2) is 45.7 Å². The zero-order valence-corrected chi connectivity index (χ0v) is 11.0. The van der Waals surface area contributed by atoms with Crippen molar-refractivity contribution in [2.75, 3.05) is 5.32 Å². The van der Waals surface area contributed by atoms with Crippen molar-refractivity contribution in [1.82, 2.24) is 0 Å². The van der Waals surface area contributed by atoms with E-state index in [1.165, 1.54) is 6.26 Å². The Balaban J connectivity index is 2.22. The van der Waals surface area contributed by atoms with E-state index in [4.69, 9.17) is 4.42 Å². The molecule has 0 unspecified atom stereocenters. The quantitative estimate of drug-likeness (QED) is 0.934. The number of aryl methyl sites for hydroxylation is 1. The molecular weight excluding hydrogens is 282 g/mol. The Morgan fingerprint density at radius 3 is 2.76 bits per heavy atom. The van der Waals surface area contributed by atoms with Gasteiger partial charge in [-0.3, -0.25) is 4.79 Å². The van der Waals surface area contributed by atoms with Gasteiger partial charge in [0.15, 0.2) is 4.67 Å². The van der Waals surface area contributed by atoms with Gasteiger partial charge in [-0.05, 0) is 40.0 Å². The molecule has 0 radical (unpaired) electrons. The summed E-state index contributed by atoms with van der Waals surface area (Å²) in [6, 6.07) is 9.39. The van der Waals surface area contributed by atoms with Crippen molar-refractivity contribution in [3.8, 4) is 0 Å². The minimum Gasteiger partial charge on any atom is -0.457 e. The van der Waals surface area contributed by atoms with Crippen LogP contribution in [0.25, 0.3) is 0 Å². The summed E-state index contributed by atoms with van der Waals surface area (Å²) in [5.41, 5.74) is 2.45. The summed E-state index contributed by atoms with van der Waals surface area (Å²) in [6.45, 7) is 2.05. The summed E-state index contributed by atoms with van der Waals surface area (Å²) < 4.78 is 5.48. The SMILES string of the molecule is CCc1ccccc1NC(=O)c1ccoc1Br. The Morgan fingerprint density at radius 1 is 1.35 bits per heavy atom. The molecule has 0 aliphatic carbocycles. The van der Waals surface area contributed by atoms with Crippen LogP contribution in [-0.4, -0.2) is 5.91 Å². The van der Waals surface area contributed by atoms with Crippen LogP contribution < -0.4 is 5.32 Å². The van der Waals surface area contributed by atoms with Gasteiger partial charge < -0.3 is 9.73 Å². The van der Waals surface area contributed by atoms with E-state index in [1.807, 2.05) is 24.3 Å². The second-order valence-corrected chi connectivity index (χ2v) is 4.29. The molecule has 2 rings (SSSR count). The van der Waals surface area contributed by atoms with Crippen molar-refractivity contribution < 1.29 is 9.21 Å². The minimum absolute atomic E-state index is 0.175. The van der Waals surface area contributed by atoms with Crippen molar-refractivity contribution >= 4 is 27.5 Å². The lowest BCUT2D eigenvalue weighted by Crippen LogP contribution is -2.12. The predicted molar refractivity (Wildman–Crippen MR) is 70.2 cm³/mol. The van der Waals surface area contributed by atoms with Crippen molar-refractivity contribution in [3.63, 3.8) is 0 Å². The molecule has 0 fully saturated rings. The maximum atomic E-state index is 12.0. The largest absolute Gasteiger partial charge is 0.457 e. The summed E-state index contributed by atoms with van der Waals surface area (Å²) >= 11 is 3.19. The highest BCUT2D eigenvalue weighted by molar-refractivity contribution is 9.10. The van der Waals surface area contributed by atoms with E-state index >= 15 is 0 Å². The zero-order chi connectivity index (χ0) is 12.3. The van der Waals surface area contributed by atoms with Gasteiger partial charge in [0, 0.05) is 5.69 Å². The van der Waals surface area contributed by atoms with Crippen LogP contribution in [0, 0.1) is 0 Å². The molecule has 0 saturated carbocycles. The van der Waals surface area contributed by atoms with E-state index in [0.29, 0.717) is 10.2 Å². The number of carbonyl (C=O) groups excluding carboxylic acids is 1. The number of nitrogens with one attached hydrogen (secondary N) is 1. The van der Waals surface area contributed by atoms with E-state index < -0.39 is 0 Å². The first-order valence-corrected chi connectivity index (χ1v) is 6.14. The van der Waals surface area contributed by atoms with Crippen molar-refractivity contribution in [2.24, 2.45) is 0 Å². The van der Waals surface area contributed by atoms with E-state index in [9.17, 15) is 4.79 Å². The molecule has 1 aromatic heterocycles. The third kappa shape index (κ3) is 2.58. The summed E-state index contributed by atoms with van der Waals surface area (Å²) in [7, 11) is 0. The molecule has 4 heteroatoms. The maximum Gasteiger partial charge on any atom is 0.260 e. The highest BCUT2D eigenvalue weighted by atomic mass is 79.9. The van der Waals surface area contributed by atoms with E-state index in [-0.39, 0.29) is 5.91 Å². The van der Waals surface area contributed by atoms with Crippen LogP contribution in [0.5, 0.6) is 0 Å². The van der Waals surface area contributed by atoms with Crippen LogP contribution in [0.1, 0.15) is 22.8 Å². The van der Waals surface area contributed by atoms with Crippen LogP contribution in [0.4, 0.5) is 5.69 Å². The van der Waals surface area contributed by atoms with Gasteiger partial charge in [0.1, 0.15) is 0 Å². The molecule has 0 spiro atoms. The molecular formula is C13H12BrNO2. The number of benzene rings is 1. The summed E-state index contributed by atoms with van der Waals surface area (Å²) in [4.78, 5) is 12.0. The fourth-order valence-corrected chi connectivity index (χ4v) is 2.02. The number of furan rings is 1. The number of carbonyl (C=O) groups is 1. The highest BCUT2D eigenvalue weighted by Gasteiger charge is 2.13. The minimum atomic E-state index is -0.175. The van der Waals surface area contributed by atoms with Gasteiger partial charge in [-0.1, -0.05) is 25.1 Å². The average Bonchev–Trinajstić information content (AvgIpc) is 2.76. The van der Waals surface area contributed by atoms with E-state index in [0.717, 1.165) is 17.7 Å². The number of rotatable bonds is 3. The summed E-state index contributed by atoms with van der Waals surface area (Å²) in [5.74, 6) is -0.175. The monoisotopic (exact) mass is 293 g/mol. The van der Waals surface area contributed by atoms with Crippen molar-refractivity contribution in [3.05, 3.63) is 52.4 Å². The van der Waals surface area contributed by atoms with Gasteiger partial charge in [0.25, 0.3) is 5.91 Å². The van der Waals surface area contributed by atoms with Crippen molar-refractivity contribution in [1.29, 1.82) is 0 Å². The molecule has 88 valence electrons. The van der Waals surface area contributed by atoms with Gasteiger partial charge in [-0.15, -0.1) is 0 Å². The second-order valence-electron chi connectivity index (χ2n) is 3.57. The molecule has 17 heavy (non-hydrogen) atoms. The third-order valence-electron chi connectivity index (χ3n) is 2.51. The number of halogens is 1. The molecule has 1 N–H and O–H groups in total. The molecule has 0 saturated heterocycles. The Labute approximate surface area is 108 Å². The second kappa shape index (κ2) is 5.19. The number of hydrogen-bond donors (Lipinski definition) is 1. The van der Waals surface area contributed by atoms with Gasteiger partial charge in [0.2, 0.25) is 0 Å². The van der Waals surface area contributed by atoms with Gasteiger partial charge in [0.05, 0.1) is 11.8 Å². The molecule has 3 nitrogen and oxygen atoms in total. The fourth-order valence-electron chi connectivity index (χ4n) is 1.60. The molecule has 1 heterocycles. The molecule has 0 bridgehead atoms. The first-order valence-electron chi connectivity index (χ1n) is 5.34. The maximum absolute atomic E-state index is 12.0. The smallest absolute Gasteiger partial charge is 0.260 e. The summed E-state index contributed by atoms with van der Waals surface area (Å²) in [5, 5.41) is 2.88. The van der Waals surface area contributed by atoms with Crippen molar-refractivity contribution in [2.45, 2.75) is 13.3 Å². The Bertz CT molecular complexity index is 534. The molecule has 0 aliphatic heterocycles. The van der Waals surface area contributed by atoms with Gasteiger partial charge in [-0.2, -0.15) is 0 Å². The zero-order valence-electron chi connectivity index (χ0n) is 9.37. The Hall–Kier alpha value is -1.55. The van der Waals surface area contributed by atoms with Gasteiger partial charge in [-0.25, -0.2) is 0 Å². The standard InChI is InChI=1S/C13H12BrNO2/c1-2-9-5-3-4-6-11(9)15-13(16)10-7-8-17-12(10)14/h3-8H,2H2,1H3,(H,15,16). The normalized spacial score (nSPS) is 10.2. The molecule has 1 aromatic carbocycles. The lowest BCUT2D eigenvalue weighted by Gasteiger charge is -2.08. The molecule has 0 atom stereocenters. The number of para-hydroxylation sites is 1. The molecule has 0 aliphatic rings. The lowest BCUT2D eigenvalue weighted by molar-refractivity contribution is 0.102. The number of amides is 1. The molecule has 1 amide bonds. The molecule has 2 aromatic rings. The fraction of sp³-hybridized carbons (Fsp3) is 0.154. The van der Waals surface area contributed by atoms with E-state index in [1.54, 1.807) is 6.07 Å². The Morgan fingerprint density at radius 2 is 2.12 bits per heavy atom. The van der Waals surface area contributed by atoms with Crippen LogP contribution in [0.2, 0.25) is 0 Å². The van der Waals surface area contributed by atoms with Crippen LogP contribution in [-0.2, 0) is 6.42 Å². The van der Waals surface area contributed by atoms with E-state index in [2.05, 4.69) is 28.2 Å². The Kier molecular flexibility index (Phi) is 3.64. The predicted octanol–water partition coefficient (Wildman–Crippen LogP) is 3.86. The first-order chi connectivity index (χ1) is 8.22. The first kappa shape index (κ1) is 11.9. The lowest BCUT2D eigenvalue weighted by atomic mass is 10.1. The topological polar surface area (TPSA) is 42.2 Å². The van der Waals surface area contributed by atoms with Gasteiger partial charge >= 0.3 is 0 Å². The average molecular weight is 294 g/mol. The highest BCUT2D eigenvalue weighted by Crippen LogP contribution is 2.21. The number of hydrogen-bond acceptors (Lipinski definition) is 2. The number of anilines is 1.